The zero-order valence-corrected chi connectivity index (χ0v) is 14.9. The average molecular weight is 360 g/mol. The van der Waals surface area contributed by atoms with E-state index in [1.165, 1.54) is 0 Å². The third kappa shape index (κ3) is 5.44. The van der Waals surface area contributed by atoms with Crippen molar-refractivity contribution < 1.29 is 14.3 Å². The molecule has 0 aliphatic carbocycles. The number of hydrogen-bond acceptors (Lipinski definition) is 3. The van der Waals surface area contributed by atoms with Crippen LogP contribution in [0.25, 0.3) is 0 Å². The van der Waals surface area contributed by atoms with E-state index in [0.717, 1.165) is 5.56 Å². The second kappa shape index (κ2) is 8.67. The maximum atomic E-state index is 12.1. The van der Waals surface area contributed by atoms with Gasteiger partial charge in [0.1, 0.15) is 5.75 Å². The van der Waals surface area contributed by atoms with E-state index < -0.39 is 0 Å². The molecule has 0 atom stereocenters. The summed E-state index contributed by atoms with van der Waals surface area (Å²) in [5.41, 5.74) is 3.00. The van der Waals surface area contributed by atoms with E-state index in [4.69, 9.17) is 4.74 Å². The van der Waals surface area contributed by atoms with Crippen molar-refractivity contribution in [1.29, 1.82) is 0 Å². The van der Waals surface area contributed by atoms with Crippen LogP contribution in [0.5, 0.6) is 5.75 Å². The molecule has 0 aliphatic rings. The van der Waals surface area contributed by atoms with Crippen molar-refractivity contribution in [3.63, 3.8) is 0 Å². The molecule has 0 radical (unpaired) electrons. The van der Waals surface area contributed by atoms with Crippen LogP contribution in [0.15, 0.2) is 78.9 Å². The molecule has 27 heavy (non-hydrogen) atoms. The van der Waals surface area contributed by atoms with Crippen molar-refractivity contribution in [1.82, 2.24) is 0 Å². The second-order valence-electron chi connectivity index (χ2n) is 6.05. The van der Waals surface area contributed by atoms with Gasteiger partial charge in [-0.2, -0.15) is 0 Å². The zero-order valence-electron chi connectivity index (χ0n) is 14.9. The van der Waals surface area contributed by atoms with E-state index in [0.29, 0.717) is 22.7 Å². The summed E-state index contributed by atoms with van der Waals surface area (Å²) in [6.07, 6.45) is 0. The number of amides is 2. The van der Waals surface area contributed by atoms with E-state index in [1.807, 2.05) is 49.4 Å². The lowest BCUT2D eigenvalue weighted by molar-refractivity contribution is -0.118. The molecule has 0 aliphatic heterocycles. The van der Waals surface area contributed by atoms with E-state index in [1.54, 1.807) is 36.4 Å². The molecule has 0 saturated carbocycles. The molecule has 3 aromatic rings. The van der Waals surface area contributed by atoms with Gasteiger partial charge in [0.25, 0.3) is 11.8 Å². The minimum atomic E-state index is -0.253. The standard InChI is InChI=1S/C22H20N2O3/c1-16-7-13-20(14-8-16)27-15-21(25)23-18-9-11-19(12-10-18)24-22(26)17-5-3-2-4-6-17/h2-14H,15H2,1H3,(H,23,25)(H,24,26). The molecular formula is C22H20N2O3. The maximum absolute atomic E-state index is 12.1. The smallest absolute Gasteiger partial charge is 0.262 e. The molecule has 0 unspecified atom stereocenters. The highest BCUT2D eigenvalue weighted by atomic mass is 16.5. The van der Waals surface area contributed by atoms with Crippen LogP contribution in [0.3, 0.4) is 0 Å². The Kier molecular flexibility index (Phi) is 5.84. The van der Waals surface area contributed by atoms with E-state index in [-0.39, 0.29) is 18.4 Å². The Morgan fingerprint density at radius 3 is 2.00 bits per heavy atom. The van der Waals surface area contributed by atoms with Gasteiger partial charge in [0, 0.05) is 16.9 Å². The van der Waals surface area contributed by atoms with Crippen molar-refractivity contribution in [2.45, 2.75) is 6.92 Å². The van der Waals surface area contributed by atoms with Gasteiger partial charge in [-0.25, -0.2) is 0 Å². The van der Waals surface area contributed by atoms with Gasteiger partial charge >= 0.3 is 0 Å². The summed E-state index contributed by atoms with van der Waals surface area (Å²) in [5.74, 6) is 0.213. The number of nitrogens with one attached hydrogen (secondary N) is 2. The average Bonchev–Trinajstić information content (AvgIpc) is 2.70. The molecule has 5 heteroatoms. The summed E-state index contributed by atoms with van der Waals surface area (Å²) in [5, 5.41) is 5.57. The van der Waals surface area contributed by atoms with Gasteiger partial charge in [-0.15, -0.1) is 0 Å². The zero-order chi connectivity index (χ0) is 19.1. The van der Waals surface area contributed by atoms with Crippen molar-refractivity contribution in [2.24, 2.45) is 0 Å². The molecule has 3 rings (SSSR count). The monoisotopic (exact) mass is 360 g/mol. The number of carbonyl (C=O) groups is 2. The highest BCUT2D eigenvalue weighted by Gasteiger charge is 2.07. The Morgan fingerprint density at radius 2 is 1.37 bits per heavy atom. The van der Waals surface area contributed by atoms with Gasteiger partial charge in [-0.05, 0) is 55.5 Å². The molecule has 2 N–H and O–H groups in total. The number of hydrogen-bond donors (Lipinski definition) is 2. The van der Waals surface area contributed by atoms with Gasteiger partial charge in [-0.1, -0.05) is 35.9 Å². The number of carbonyl (C=O) groups excluding carboxylic acids is 2. The van der Waals surface area contributed by atoms with Crippen molar-refractivity contribution in [3.05, 3.63) is 90.0 Å². The summed E-state index contributed by atoms with van der Waals surface area (Å²) >= 11 is 0. The normalized spacial score (nSPS) is 10.1. The lowest BCUT2D eigenvalue weighted by Crippen LogP contribution is -2.20. The third-order valence-corrected chi connectivity index (χ3v) is 3.85. The van der Waals surface area contributed by atoms with E-state index in [9.17, 15) is 9.59 Å². The lowest BCUT2D eigenvalue weighted by atomic mass is 10.2. The molecule has 0 spiro atoms. The minimum absolute atomic E-state index is 0.0739. The second-order valence-corrected chi connectivity index (χ2v) is 6.05. The van der Waals surface area contributed by atoms with E-state index in [2.05, 4.69) is 10.6 Å². The highest BCUT2D eigenvalue weighted by Crippen LogP contribution is 2.15. The van der Waals surface area contributed by atoms with Gasteiger partial charge in [0.15, 0.2) is 6.61 Å². The molecule has 0 aromatic heterocycles. The molecule has 2 amide bonds. The van der Waals surface area contributed by atoms with Crippen LogP contribution < -0.4 is 15.4 Å². The summed E-state index contributed by atoms with van der Waals surface area (Å²) in [6.45, 7) is 1.91. The predicted molar refractivity (Wildman–Crippen MR) is 106 cm³/mol. The summed E-state index contributed by atoms with van der Waals surface area (Å²) in [7, 11) is 0. The summed E-state index contributed by atoms with van der Waals surface area (Å²) in [4.78, 5) is 24.1. The first-order chi connectivity index (χ1) is 13.1. The number of aryl methyl sites for hydroxylation is 1. The van der Waals surface area contributed by atoms with Gasteiger partial charge in [0.2, 0.25) is 0 Å². The number of anilines is 2. The topological polar surface area (TPSA) is 67.4 Å². The van der Waals surface area contributed by atoms with Crippen LogP contribution in [0.4, 0.5) is 11.4 Å². The SMILES string of the molecule is Cc1ccc(OCC(=O)Nc2ccc(NC(=O)c3ccccc3)cc2)cc1. The number of rotatable bonds is 6. The van der Waals surface area contributed by atoms with Crippen LogP contribution in [-0.2, 0) is 4.79 Å². The number of benzene rings is 3. The van der Waals surface area contributed by atoms with Crippen LogP contribution in [0.2, 0.25) is 0 Å². The highest BCUT2D eigenvalue weighted by molar-refractivity contribution is 6.04. The van der Waals surface area contributed by atoms with Gasteiger partial charge in [-0.3, -0.25) is 9.59 Å². The molecule has 0 fully saturated rings. The van der Waals surface area contributed by atoms with Gasteiger partial charge < -0.3 is 15.4 Å². The Balaban J connectivity index is 1.50. The van der Waals surface area contributed by atoms with Gasteiger partial charge in [0.05, 0.1) is 0 Å². The first kappa shape index (κ1) is 18.2. The molecular weight excluding hydrogens is 340 g/mol. The van der Waals surface area contributed by atoms with Crippen LogP contribution in [0.1, 0.15) is 15.9 Å². The molecule has 0 saturated heterocycles. The Labute approximate surface area is 158 Å². The summed E-state index contributed by atoms with van der Waals surface area (Å²) < 4.78 is 5.45. The fourth-order valence-corrected chi connectivity index (χ4v) is 2.41. The molecule has 3 aromatic carbocycles. The van der Waals surface area contributed by atoms with Crippen LogP contribution in [0, 0.1) is 6.92 Å². The quantitative estimate of drug-likeness (QED) is 0.690. The Morgan fingerprint density at radius 1 is 0.778 bits per heavy atom. The first-order valence-electron chi connectivity index (χ1n) is 8.56. The Hall–Kier alpha value is -3.60. The molecule has 136 valence electrons. The largest absolute Gasteiger partial charge is 0.484 e. The third-order valence-electron chi connectivity index (χ3n) is 3.85. The summed E-state index contributed by atoms with van der Waals surface area (Å²) in [6, 6.07) is 23.4. The fourth-order valence-electron chi connectivity index (χ4n) is 2.41. The van der Waals surface area contributed by atoms with Crippen molar-refractivity contribution in [2.75, 3.05) is 17.2 Å². The minimum Gasteiger partial charge on any atom is -0.484 e. The van der Waals surface area contributed by atoms with Crippen molar-refractivity contribution in [3.8, 4) is 5.75 Å². The van der Waals surface area contributed by atoms with Crippen LogP contribution in [-0.4, -0.2) is 18.4 Å². The molecule has 0 heterocycles. The molecule has 0 bridgehead atoms. The predicted octanol–water partition coefficient (Wildman–Crippen LogP) is 4.26. The number of ether oxygens (including phenoxy) is 1. The van der Waals surface area contributed by atoms with E-state index >= 15 is 0 Å². The molecule has 5 nitrogen and oxygen atoms in total. The first-order valence-corrected chi connectivity index (χ1v) is 8.56. The Bertz CT molecular complexity index is 905. The fraction of sp³-hybridized carbons (Fsp3) is 0.0909. The maximum Gasteiger partial charge on any atom is 0.262 e. The van der Waals surface area contributed by atoms with Crippen LogP contribution >= 0.6 is 0 Å². The lowest BCUT2D eigenvalue weighted by Gasteiger charge is -2.09. The van der Waals surface area contributed by atoms with Crippen molar-refractivity contribution >= 4 is 23.2 Å².